The minimum Gasteiger partial charge on any atom is -0.494 e. The van der Waals surface area contributed by atoms with Crippen molar-refractivity contribution in [3.8, 4) is 17.2 Å². The molecular formula is C22H20N4O3. The number of aromatic nitrogens is 3. The number of hydrogen-bond donors (Lipinski definition) is 1. The molecule has 0 aliphatic heterocycles. The van der Waals surface area contributed by atoms with Crippen LogP contribution in [0.1, 0.15) is 18.4 Å². The normalized spacial score (nSPS) is 10.8. The van der Waals surface area contributed by atoms with Crippen LogP contribution in [0.3, 0.4) is 0 Å². The first kappa shape index (κ1) is 18.6. The van der Waals surface area contributed by atoms with Gasteiger partial charge in [0.15, 0.2) is 0 Å². The number of ether oxygens (including phenoxy) is 1. The van der Waals surface area contributed by atoms with Gasteiger partial charge in [0, 0.05) is 23.7 Å². The molecule has 0 aliphatic rings. The molecule has 4 rings (SSSR count). The third-order valence-corrected chi connectivity index (χ3v) is 4.33. The Labute approximate surface area is 167 Å². The van der Waals surface area contributed by atoms with Gasteiger partial charge in [-0.15, -0.1) is 10.2 Å². The molecular weight excluding hydrogens is 368 g/mol. The van der Waals surface area contributed by atoms with E-state index in [0.717, 1.165) is 27.8 Å². The van der Waals surface area contributed by atoms with E-state index in [2.05, 4.69) is 20.5 Å². The highest BCUT2D eigenvalue weighted by atomic mass is 16.5. The molecule has 0 unspecified atom stereocenters. The summed E-state index contributed by atoms with van der Waals surface area (Å²) in [6.07, 6.45) is 1.77. The van der Waals surface area contributed by atoms with Crippen LogP contribution in [-0.4, -0.2) is 27.7 Å². The lowest BCUT2D eigenvalue weighted by atomic mass is 10.1. The van der Waals surface area contributed by atoms with Crippen molar-refractivity contribution in [2.24, 2.45) is 0 Å². The Hall–Kier alpha value is -3.74. The third-order valence-electron chi connectivity index (χ3n) is 4.33. The molecule has 2 heterocycles. The summed E-state index contributed by atoms with van der Waals surface area (Å²) in [6, 6.07) is 17.2. The molecule has 7 heteroatoms. The second kappa shape index (κ2) is 8.52. The Kier molecular flexibility index (Phi) is 5.47. The molecule has 0 saturated heterocycles. The van der Waals surface area contributed by atoms with E-state index in [9.17, 15) is 4.79 Å². The fourth-order valence-electron chi connectivity index (χ4n) is 2.96. The molecule has 146 valence electrons. The van der Waals surface area contributed by atoms with Crippen molar-refractivity contribution < 1.29 is 13.9 Å². The molecule has 7 nitrogen and oxygen atoms in total. The van der Waals surface area contributed by atoms with Crippen molar-refractivity contribution in [1.29, 1.82) is 0 Å². The number of nitrogens with one attached hydrogen (secondary N) is 1. The maximum Gasteiger partial charge on any atom is 0.247 e. The van der Waals surface area contributed by atoms with E-state index in [1.807, 2.05) is 61.5 Å². The van der Waals surface area contributed by atoms with Crippen LogP contribution in [0, 0.1) is 0 Å². The second-order valence-electron chi connectivity index (χ2n) is 6.45. The Morgan fingerprint density at radius 1 is 1.10 bits per heavy atom. The van der Waals surface area contributed by atoms with Gasteiger partial charge in [-0.25, -0.2) is 0 Å². The van der Waals surface area contributed by atoms with E-state index in [1.165, 1.54) is 0 Å². The molecule has 0 fully saturated rings. The predicted octanol–water partition coefficient (Wildman–Crippen LogP) is 3.54. The summed E-state index contributed by atoms with van der Waals surface area (Å²) in [5.41, 5.74) is 2.64. The largest absolute Gasteiger partial charge is 0.494 e. The van der Waals surface area contributed by atoms with E-state index in [4.69, 9.17) is 9.15 Å². The Morgan fingerprint density at radius 2 is 2.03 bits per heavy atom. The van der Waals surface area contributed by atoms with Crippen LogP contribution in [0.2, 0.25) is 0 Å². The van der Waals surface area contributed by atoms with Crippen LogP contribution in [0.25, 0.3) is 22.4 Å². The average molecular weight is 388 g/mol. The number of carbonyl (C=O) groups excluding carboxylic acids is 1. The Morgan fingerprint density at radius 3 is 2.93 bits per heavy atom. The molecule has 1 amide bonds. The number of carbonyl (C=O) groups is 1. The number of hydrogen-bond acceptors (Lipinski definition) is 6. The molecule has 1 N–H and O–H groups in total. The van der Waals surface area contributed by atoms with Gasteiger partial charge in [0.05, 0.1) is 12.1 Å². The first-order chi connectivity index (χ1) is 14.2. The number of benzene rings is 2. The molecule has 0 atom stereocenters. The van der Waals surface area contributed by atoms with Gasteiger partial charge in [0.25, 0.3) is 0 Å². The van der Waals surface area contributed by atoms with Crippen molar-refractivity contribution >= 4 is 16.8 Å². The summed E-state index contributed by atoms with van der Waals surface area (Å²) >= 11 is 0. The maximum absolute atomic E-state index is 12.2. The predicted molar refractivity (Wildman–Crippen MR) is 108 cm³/mol. The highest BCUT2D eigenvalue weighted by Crippen LogP contribution is 2.22. The SMILES string of the molecule is CCOc1cccc(CNC(=O)Cc2nnc(-c3ccc4ncccc4c3)o2)c1. The number of rotatable bonds is 7. The van der Waals surface area contributed by atoms with Gasteiger partial charge < -0.3 is 14.5 Å². The summed E-state index contributed by atoms with van der Waals surface area (Å²) in [5.74, 6) is 1.24. The molecule has 29 heavy (non-hydrogen) atoms. The second-order valence-corrected chi connectivity index (χ2v) is 6.45. The molecule has 0 radical (unpaired) electrons. The van der Waals surface area contributed by atoms with Gasteiger partial charge >= 0.3 is 0 Å². The minimum atomic E-state index is -0.190. The summed E-state index contributed by atoms with van der Waals surface area (Å²) in [4.78, 5) is 16.5. The van der Waals surface area contributed by atoms with Crippen molar-refractivity contribution in [2.45, 2.75) is 19.9 Å². The Balaban J connectivity index is 1.38. The molecule has 2 aromatic heterocycles. The van der Waals surface area contributed by atoms with Crippen LogP contribution < -0.4 is 10.1 Å². The van der Waals surface area contributed by atoms with Gasteiger partial charge in [-0.05, 0) is 48.9 Å². The maximum atomic E-state index is 12.2. The van der Waals surface area contributed by atoms with Crippen LogP contribution in [0.4, 0.5) is 0 Å². The zero-order valence-corrected chi connectivity index (χ0v) is 16.0. The molecule has 4 aromatic rings. The van der Waals surface area contributed by atoms with E-state index >= 15 is 0 Å². The summed E-state index contributed by atoms with van der Waals surface area (Å²) in [5, 5.41) is 11.9. The van der Waals surface area contributed by atoms with Gasteiger partial charge in [-0.1, -0.05) is 18.2 Å². The highest BCUT2D eigenvalue weighted by molar-refractivity contribution is 5.82. The van der Waals surface area contributed by atoms with Crippen molar-refractivity contribution in [2.75, 3.05) is 6.61 Å². The standard InChI is InChI=1S/C22H20N4O3/c1-2-28-18-7-3-5-15(11-18)14-24-20(27)13-21-25-26-22(29-21)17-8-9-19-16(12-17)6-4-10-23-19/h3-12H,2,13-14H2,1H3,(H,24,27). The van der Waals surface area contributed by atoms with Crippen LogP contribution in [0.15, 0.2) is 65.2 Å². The van der Waals surface area contributed by atoms with E-state index in [0.29, 0.717) is 19.0 Å². The van der Waals surface area contributed by atoms with Crippen molar-refractivity contribution in [3.63, 3.8) is 0 Å². The Bertz CT molecular complexity index is 1140. The van der Waals surface area contributed by atoms with Crippen LogP contribution >= 0.6 is 0 Å². The van der Waals surface area contributed by atoms with Gasteiger partial charge in [-0.3, -0.25) is 9.78 Å². The van der Waals surface area contributed by atoms with Gasteiger partial charge in [0.1, 0.15) is 12.2 Å². The fourth-order valence-corrected chi connectivity index (χ4v) is 2.96. The first-order valence-corrected chi connectivity index (χ1v) is 9.37. The number of amides is 1. The topological polar surface area (TPSA) is 90.1 Å². The summed E-state index contributed by atoms with van der Waals surface area (Å²) < 4.78 is 11.1. The average Bonchev–Trinajstić information content (AvgIpc) is 3.21. The first-order valence-electron chi connectivity index (χ1n) is 9.37. The van der Waals surface area contributed by atoms with E-state index < -0.39 is 0 Å². The zero-order chi connectivity index (χ0) is 20.1. The zero-order valence-electron chi connectivity index (χ0n) is 16.0. The molecule has 0 bridgehead atoms. The van der Waals surface area contributed by atoms with Crippen LogP contribution in [0.5, 0.6) is 5.75 Å². The summed E-state index contributed by atoms with van der Waals surface area (Å²) in [6.45, 7) is 2.93. The molecule has 0 aliphatic carbocycles. The van der Waals surface area contributed by atoms with Gasteiger partial charge in [0.2, 0.25) is 17.7 Å². The molecule has 2 aromatic carbocycles. The van der Waals surface area contributed by atoms with Crippen molar-refractivity contribution in [1.82, 2.24) is 20.5 Å². The lowest BCUT2D eigenvalue weighted by molar-refractivity contribution is -0.120. The highest BCUT2D eigenvalue weighted by Gasteiger charge is 2.13. The monoisotopic (exact) mass is 388 g/mol. The van der Waals surface area contributed by atoms with Crippen LogP contribution in [-0.2, 0) is 17.8 Å². The lowest BCUT2D eigenvalue weighted by Gasteiger charge is -2.07. The lowest BCUT2D eigenvalue weighted by Crippen LogP contribution is -2.24. The van der Waals surface area contributed by atoms with E-state index in [-0.39, 0.29) is 18.2 Å². The number of nitrogens with zero attached hydrogens (tertiary/aromatic N) is 3. The van der Waals surface area contributed by atoms with Gasteiger partial charge in [-0.2, -0.15) is 0 Å². The minimum absolute atomic E-state index is 0.0211. The summed E-state index contributed by atoms with van der Waals surface area (Å²) in [7, 11) is 0. The smallest absolute Gasteiger partial charge is 0.247 e. The quantitative estimate of drug-likeness (QED) is 0.521. The van der Waals surface area contributed by atoms with E-state index in [1.54, 1.807) is 6.20 Å². The fraction of sp³-hybridized carbons (Fsp3) is 0.182. The number of pyridine rings is 1. The number of fused-ring (bicyclic) bond motifs is 1. The van der Waals surface area contributed by atoms with Crippen molar-refractivity contribution in [3.05, 3.63) is 72.2 Å². The molecule has 0 spiro atoms. The molecule has 0 saturated carbocycles. The third kappa shape index (κ3) is 4.57.